The van der Waals surface area contributed by atoms with Gasteiger partial charge in [-0.2, -0.15) is 0 Å². The normalized spacial score (nSPS) is 11.0. The number of hydrogen-bond donors (Lipinski definition) is 0. The summed E-state index contributed by atoms with van der Waals surface area (Å²) in [7, 11) is 0. The number of anilines is 9. The van der Waals surface area contributed by atoms with Crippen LogP contribution in [0, 0.1) is 0 Å². The Balaban J connectivity index is 0.849. The lowest BCUT2D eigenvalue weighted by atomic mass is 9.92. The van der Waals surface area contributed by atoms with Crippen molar-refractivity contribution in [3.63, 3.8) is 0 Å². The van der Waals surface area contributed by atoms with Gasteiger partial charge in [-0.15, -0.1) is 0 Å². The van der Waals surface area contributed by atoms with Crippen LogP contribution in [0.5, 0.6) is 0 Å². The lowest BCUT2D eigenvalue weighted by molar-refractivity contribution is 1.28. The van der Waals surface area contributed by atoms with E-state index in [1.807, 2.05) is 0 Å². The molecule has 16 aromatic carbocycles. The fourth-order valence-electron chi connectivity index (χ4n) is 13.9. The highest BCUT2D eigenvalue weighted by molar-refractivity contribution is 5.98. The average molecular weight is 1260 g/mol. The molecule has 0 aliphatic rings. The second-order valence-electron chi connectivity index (χ2n) is 24.7. The summed E-state index contributed by atoms with van der Waals surface area (Å²) in [4.78, 5) is 7.29. The maximum absolute atomic E-state index is 2.43. The van der Waals surface area contributed by atoms with E-state index in [9.17, 15) is 0 Å². The number of para-hydroxylation sites is 6. The summed E-state index contributed by atoms with van der Waals surface area (Å²) in [5.41, 5.74) is 30.1. The second kappa shape index (κ2) is 28.1. The number of benzene rings is 16. The van der Waals surface area contributed by atoms with Crippen molar-refractivity contribution in [3.8, 4) is 100 Å². The van der Waals surface area contributed by atoms with Gasteiger partial charge in [-0.1, -0.05) is 328 Å². The van der Waals surface area contributed by atoms with E-state index in [1.165, 1.54) is 0 Å². The third kappa shape index (κ3) is 12.6. The molecule has 99 heavy (non-hydrogen) atoms. The van der Waals surface area contributed by atoms with Crippen molar-refractivity contribution < 1.29 is 0 Å². The van der Waals surface area contributed by atoms with Crippen LogP contribution >= 0.6 is 0 Å². The fourth-order valence-corrected chi connectivity index (χ4v) is 13.9. The van der Waals surface area contributed by atoms with Crippen LogP contribution in [-0.4, -0.2) is 0 Å². The predicted molar refractivity (Wildman–Crippen MR) is 419 cm³/mol. The molecule has 0 heterocycles. The maximum atomic E-state index is 2.43. The molecule has 3 nitrogen and oxygen atoms in total. The Labute approximate surface area is 581 Å². The molecule has 0 unspecified atom stereocenters. The highest BCUT2D eigenvalue weighted by Gasteiger charge is 2.25. The van der Waals surface area contributed by atoms with Gasteiger partial charge in [0.05, 0.1) is 34.1 Å². The summed E-state index contributed by atoms with van der Waals surface area (Å²) in [6.45, 7) is 0. The van der Waals surface area contributed by atoms with Crippen LogP contribution in [0.2, 0.25) is 0 Å². The van der Waals surface area contributed by atoms with Crippen molar-refractivity contribution in [1.29, 1.82) is 0 Å². The van der Waals surface area contributed by atoms with Gasteiger partial charge in [-0.25, -0.2) is 0 Å². The van der Waals surface area contributed by atoms with E-state index < -0.39 is 0 Å². The van der Waals surface area contributed by atoms with Crippen molar-refractivity contribution in [3.05, 3.63) is 419 Å². The smallest absolute Gasteiger partial charge is 0.0540 e. The topological polar surface area (TPSA) is 9.72 Å². The third-order valence-corrected chi connectivity index (χ3v) is 18.7. The van der Waals surface area contributed by atoms with Gasteiger partial charge in [0, 0.05) is 50.4 Å². The van der Waals surface area contributed by atoms with Gasteiger partial charge in [0.2, 0.25) is 0 Å². The number of nitrogens with zero attached hydrogens (tertiary/aromatic N) is 3. The summed E-state index contributed by atoms with van der Waals surface area (Å²) >= 11 is 0. The molecule has 0 amide bonds. The minimum Gasteiger partial charge on any atom is -0.309 e. The van der Waals surface area contributed by atoms with E-state index in [4.69, 9.17) is 0 Å². The van der Waals surface area contributed by atoms with E-state index in [1.54, 1.807) is 0 Å². The molecule has 0 aliphatic heterocycles. The van der Waals surface area contributed by atoms with Gasteiger partial charge < -0.3 is 14.7 Å². The molecule has 0 spiro atoms. The largest absolute Gasteiger partial charge is 0.309 e. The summed E-state index contributed by atoms with van der Waals surface area (Å²) in [5, 5.41) is 0. The molecule has 0 saturated carbocycles. The van der Waals surface area contributed by atoms with Crippen LogP contribution in [0.25, 0.3) is 100 Å². The van der Waals surface area contributed by atoms with Crippen LogP contribution in [0.4, 0.5) is 51.2 Å². The maximum Gasteiger partial charge on any atom is 0.0540 e. The second-order valence-corrected chi connectivity index (χ2v) is 24.7. The Bertz CT molecular complexity index is 4590. The number of rotatable bonds is 18. The molecule has 0 aromatic heterocycles. The van der Waals surface area contributed by atoms with E-state index in [0.717, 1.165) is 151 Å². The molecule has 0 saturated heterocycles. The highest BCUT2D eigenvalue weighted by Crippen LogP contribution is 2.50. The molecule has 16 aromatic rings. The SMILES string of the molecule is c1ccc(-c2ccccc2N(c2ccc(-c3cc(-c4ccc(N(c5ccccc5-c5ccccc5)c5ccccc5-c5ccccc5)cc4)cc(-c4ccc(N(c5ccccc5-c5ccccc5)c5ccccc5-c5ccccc5)cc4)c3)cc2)c2ccccc2-c2ccccc2)cc1. The zero-order chi connectivity index (χ0) is 66.1. The van der Waals surface area contributed by atoms with Crippen LogP contribution in [-0.2, 0) is 0 Å². The van der Waals surface area contributed by atoms with E-state index in [2.05, 4.69) is 433 Å². The highest BCUT2D eigenvalue weighted by atomic mass is 15.2. The Morgan fingerprint density at radius 2 is 0.263 bits per heavy atom. The van der Waals surface area contributed by atoms with Gasteiger partial charge in [-0.05, 0) is 158 Å². The minimum absolute atomic E-state index is 1.05. The molecule has 0 bridgehead atoms. The molecule has 468 valence electrons. The van der Waals surface area contributed by atoms with Crippen LogP contribution < -0.4 is 14.7 Å². The molecular formula is C96H69N3. The Kier molecular flexibility index (Phi) is 17.3. The first-order valence-corrected chi connectivity index (χ1v) is 33.9. The van der Waals surface area contributed by atoms with Gasteiger partial charge in [-0.3, -0.25) is 0 Å². The van der Waals surface area contributed by atoms with Crippen molar-refractivity contribution in [2.24, 2.45) is 0 Å². The van der Waals surface area contributed by atoms with Gasteiger partial charge >= 0.3 is 0 Å². The monoisotopic (exact) mass is 1260 g/mol. The molecule has 16 rings (SSSR count). The van der Waals surface area contributed by atoms with Crippen molar-refractivity contribution in [2.75, 3.05) is 14.7 Å². The molecule has 0 radical (unpaired) electrons. The van der Waals surface area contributed by atoms with E-state index in [-0.39, 0.29) is 0 Å². The average Bonchev–Trinajstić information content (AvgIpc) is 0.785. The molecule has 0 aliphatic carbocycles. The zero-order valence-electron chi connectivity index (χ0n) is 54.7. The van der Waals surface area contributed by atoms with Crippen molar-refractivity contribution in [2.45, 2.75) is 0 Å². The standard InChI is InChI=1S/C96H69N3/c1-7-31-73(32-8-1)85-43-19-25-49-91(85)97(92-50-26-20-44-86(92)74-33-9-2-10-34-74)82-61-55-70(56-62-82)79-67-80(71-57-63-83(64-58-71)98(93-51-27-21-45-87(93)75-35-11-3-12-36-75)94-52-28-22-46-88(94)76-37-13-4-14-38-76)69-81(68-79)72-59-65-84(66-60-72)99(95-53-29-23-47-89(95)77-39-15-5-16-40-77)96-54-30-24-48-90(96)78-41-17-6-18-42-78/h1-69H. The summed E-state index contributed by atoms with van der Waals surface area (Å²) in [5.74, 6) is 0. The van der Waals surface area contributed by atoms with E-state index in [0.29, 0.717) is 0 Å². The first kappa shape index (κ1) is 60.8. The zero-order valence-corrected chi connectivity index (χ0v) is 54.7. The Morgan fingerprint density at radius 1 is 0.111 bits per heavy atom. The van der Waals surface area contributed by atoms with E-state index >= 15 is 0 Å². The van der Waals surface area contributed by atoms with Gasteiger partial charge in [0.15, 0.2) is 0 Å². The molecular weight excluding hydrogens is 1200 g/mol. The lowest BCUT2D eigenvalue weighted by Crippen LogP contribution is -2.12. The molecule has 0 N–H and O–H groups in total. The first-order chi connectivity index (χ1) is 49.1. The summed E-state index contributed by atoms with van der Waals surface area (Å²) < 4.78 is 0. The first-order valence-electron chi connectivity index (χ1n) is 33.9. The van der Waals surface area contributed by atoms with Gasteiger partial charge in [0.1, 0.15) is 0 Å². The Hall–Kier alpha value is -13.1. The Morgan fingerprint density at radius 3 is 0.434 bits per heavy atom. The molecule has 0 fully saturated rings. The fraction of sp³-hybridized carbons (Fsp3) is 0. The van der Waals surface area contributed by atoms with Gasteiger partial charge in [0.25, 0.3) is 0 Å². The summed E-state index contributed by atoms with van der Waals surface area (Å²) in [6.07, 6.45) is 0. The third-order valence-electron chi connectivity index (χ3n) is 18.7. The van der Waals surface area contributed by atoms with Crippen molar-refractivity contribution in [1.82, 2.24) is 0 Å². The lowest BCUT2D eigenvalue weighted by Gasteiger charge is -2.30. The minimum atomic E-state index is 1.05. The van der Waals surface area contributed by atoms with Crippen LogP contribution in [0.1, 0.15) is 0 Å². The van der Waals surface area contributed by atoms with Crippen molar-refractivity contribution >= 4 is 51.2 Å². The predicted octanol–water partition coefficient (Wildman–Crippen LogP) is 27.1. The van der Waals surface area contributed by atoms with Crippen LogP contribution in [0.3, 0.4) is 0 Å². The quantitative estimate of drug-likeness (QED) is 0.0848. The number of hydrogen-bond acceptors (Lipinski definition) is 3. The summed E-state index contributed by atoms with van der Waals surface area (Å²) in [6, 6.07) is 152. The van der Waals surface area contributed by atoms with Crippen LogP contribution in [0.15, 0.2) is 419 Å². The molecule has 3 heteroatoms. The molecule has 0 atom stereocenters.